The third-order valence-electron chi connectivity index (χ3n) is 3.66. The molecular formula is C13H16O2. The number of benzene rings is 1. The Bertz CT molecular complexity index is 384. The molecule has 1 unspecified atom stereocenters. The van der Waals surface area contributed by atoms with Gasteiger partial charge in [-0.05, 0) is 31.7 Å². The molecule has 1 aliphatic carbocycles. The number of rotatable bonds is 1. The SMILES string of the molecule is CC1(C2CC2)C[C@H](O)c2ccccc2O1. The first-order chi connectivity index (χ1) is 7.19. The zero-order valence-electron chi connectivity index (χ0n) is 8.94. The third kappa shape index (κ3) is 1.44. The average molecular weight is 204 g/mol. The molecule has 15 heavy (non-hydrogen) atoms. The highest BCUT2D eigenvalue weighted by molar-refractivity contribution is 5.38. The van der Waals surface area contributed by atoms with Gasteiger partial charge in [0.25, 0.3) is 0 Å². The third-order valence-corrected chi connectivity index (χ3v) is 3.66. The van der Waals surface area contributed by atoms with E-state index >= 15 is 0 Å². The molecule has 0 bridgehead atoms. The van der Waals surface area contributed by atoms with Crippen LogP contribution in [-0.4, -0.2) is 10.7 Å². The van der Waals surface area contributed by atoms with Gasteiger partial charge in [-0.1, -0.05) is 18.2 Å². The van der Waals surface area contributed by atoms with Crippen molar-refractivity contribution in [3.05, 3.63) is 29.8 Å². The summed E-state index contributed by atoms with van der Waals surface area (Å²) in [5.41, 5.74) is 0.795. The maximum Gasteiger partial charge on any atom is 0.125 e. The van der Waals surface area contributed by atoms with Crippen LogP contribution in [0.4, 0.5) is 0 Å². The number of ether oxygens (including phenoxy) is 1. The average Bonchev–Trinajstić information content (AvgIpc) is 3.00. The number of aliphatic hydroxyl groups is 1. The highest BCUT2D eigenvalue weighted by Crippen LogP contribution is 2.50. The van der Waals surface area contributed by atoms with Crippen LogP contribution in [0.2, 0.25) is 0 Å². The topological polar surface area (TPSA) is 29.5 Å². The van der Waals surface area contributed by atoms with Crippen molar-refractivity contribution < 1.29 is 9.84 Å². The van der Waals surface area contributed by atoms with Gasteiger partial charge in [0.2, 0.25) is 0 Å². The molecule has 2 heteroatoms. The second kappa shape index (κ2) is 2.99. The molecule has 1 heterocycles. The summed E-state index contributed by atoms with van der Waals surface area (Å²) in [6.45, 7) is 2.13. The largest absolute Gasteiger partial charge is 0.487 e. The molecule has 0 amide bonds. The summed E-state index contributed by atoms with van der Waals surface area (Å²) in [5.74, 6) is 1.51. The molecule has 0 saturated heterocycles. The van der Waals surface area contributed by atoms with Gasteiger partial charge in [0.1, 0.15) is 11.4 Å². The molecule has 2 atom stereocenters. The normalized spacial score (nSPS) is 34.4. The fourth-order valence-corrected chi connectivity index (χ4v) is 2.58. The number of hydrogen-bond donors (Lipinski definition) is 1. The second-order valence-electron chi connectivity index (χ2n) is 4.95. The molecule has 0 aromatic heterocycles. The van der Waals surface area contributed by atoms with Gasteiger partial charge in [0.05, 0.1) is 6.10 Å². The summed E-state index contributed by atoms with van der Waals surface area (Å²) in [6.07, 6.45) is 2.85. The lowest BCUT2D eigenvalue weighted by molar-refractivity contribution is -0.0166. The Morgan fingerprint density at radius 3 is 2.80 bits per heavy atom. The van der Waals surface area contributed by atoms with E-state index in [1.165, 1.54) is 12.8 Å². The van der Waals surface area contributed by atoms with E-state index in [1.807, 2.05) is 24.3 Å². The molecule has 1 saturated carbocycles. The molecule has 1 aliphatic heterocycles. The van der Waals surface area contributed by atoms with Gasteiger partial charge >= 0.3 is 0 Å². The molecule has 0 spiro atoms. The maximum atomic E-state index is 10.1. The molecule has 1 fully saturated rings. The van der Waals surface area contributed by atoms with Gasteiger partial charge in [-0.15, -0.1) is 0 Å². The smallest absolute Gasteiger partial charge is 0.125 e. The predicted molar refractivity (Wildman–Crippen MR) is 57.8 cm³/mol. The first-order valence-electron chi connectivity index (χ1n) is 5.65. The molecule has 2 aliphatic rings. The lowest BCUT2D eigenvalue weighted by atomic mass is 9.87. The molecule has 1 aromatic rings. The second-order valence-corrected chi connectivity index (χ2v) is 4.95. The van der Waals surface area contributed by atoms with E-state index in [2.05, 4.69) is 6.92 Å². The maximum absolute atomic E-state index is 10.1. The van der Waals surface area contributed by atoms with Crippen molar-refractivity contribution in [3.63, 3.8) is 0 Å². The predicted octanol–water partition coefficient (Wildman–Crippen LogP) is 2.67. The fraction of sp³-hybridized carbons (Fsp3) is 0.538. The Balaban J connectivity index is 1.98. The molecule has 2 nitrogen and oxygen atoms in total. The lowest BCUT2D eigenvalue weighted by Crippen LogP contribution is -2.40. The van der Waals surface area contributed by atoms with Crippen LogP contribution in [0.1, 0.15) is 37.9 Å². The number of aliphatic hydroxyl groups excluding tert-OH is 1. The van der Waals surface area contributed by atoms with Gasteiger partial charge in [0, 0.05) is 12.0 Å². The first kappa shape index (κ1) is 9.22. The van der Waals surface area contributed by atoms with Crippen molar-refractivity contribution in [2.24, 2.45) is 5.92 Å². The van der Waals surface area contributed by atoms with Crippen molar-refractivity contribution >= 4 is 0 Å². The molecule has 1 aromatic carbocycles. The van der Waals surface area contributed by atoms with E-state index in [0.717, 1.165) is 17.7 Å². The Morgan fingerprint density at radius 2 is 2.07 bits per heavy atom. The summed E-state index contributed by atoms with van der Waals surface area (Å²) in [6, 6.07) is 7.82. The summed E-state index contributed by atoms with van der Waals surface area (Å²) >= 11 is 0. The van der Waals surface area contributed by atoms with Crippen molar-refractivity contribution in [1.29, 1.82) is 0 Å². The van der Waals surface area contributed by atoms with Gasteiger partial charge in [-0.2, -0.15) is 0 Å². The van der Waals surface area contributed by atoms with Crippen LogP contribution in [0.25, 0.3) is 0 Å². The highest BCUT2D eigenvalue weighted by Gasteiger charge is 2.47. The van der Waals surface area contributed by atoms with E-state index in [4.69, 9.17) is 4.74 Å². The Hall–Kier alpha value is -1.02. The summed E-state index contributed by atoms with van der Waals surface area (Å²) in [7, 11) is 0. The van der Waals surface area contributed by atoms with Crippen LogP contribution in [-0.2, 0) is 0 Å². The quantitative estimate of drug-likeness (QED) is 0.762. The van der Waals surface area contributed by atoms with E-state index < -0.39 is 0 Å². The van der Waals surface area contributed by atoms with E-state index in [1.54, 1.807) is 0 Å². The zero-order chi connectivity index (χ0) is 10.5. The molecule has 1 N–H and O–H groups in total. The van der Waals surface area contributed by atoms with E-state index in [0.29, 0.717) is 5.92 Å². The molecular weight excluding hydrogens is 188 g/mol. The zero-order valence-corrected chi connectivity index (χ0v) is 8.94. The Morgan fingerprint density at radius 1 is 1.33 bits per heavy atom. The highest BCUT2D eigenvalue weighted by atomic mass is 16.5. The van der Waals surface area contributed by atoms with Crippen LogP contribution in [0.15, 0.2) is 24.3 Å². The van der Waals surface area contributed by atoms with Crippen LogP contribution < -0.4 is 4.74 Å². The molecule has 80 valence electrons. The van der Waals surface area contributed by atoms with Gasteiger partial charge in [0.15, 0.2) is 0 Å². The van der Waals surface area contributed by atoms with Crippen molar-refractivity contribution in [3.8, 4) is 5.75 Å². The minimum atomic E-state index is -0.361. The number of hydrogen-bond acceptors (Lipinski definition) is 2. The summed E-state index contributed by atoms with van der Waals surface area (Å²) in [4.78, 5) is 0. The first-order valence-corrected chi connectivity index (χ1v) is 5.65. The van der Waals surface area contributed by atoms with Crippen molar-refractivity contribution in [2.45, 2.75) is 37.9 Å². The lowest BCUT2D eigenvalue weighted by Gasteiger charge is -2.38. The van der Waals surface area contributed by atoms with Gasteiger partial charge < -0.3 is 9.84 Å². The van der Waals surface area contributed by atoms with E-state index in [9.17, 15) is 5.11 Å². The summed E-state index contributed by atoms with van der Waals surface area (Å²) < 4.78 is 6.05. The van der Waals surface area contributed by atoms with Crippen LogP contribution >= 0.6 is 0 Å². The van der Waals surface area contributed by atoms with Crippen LogP contribution in [0.5, 0.6) is 5.75 Å². The standard InChI is InChI=1S/C13H16O2/c1-13(9-6-7-9)8-11(14)10-4-2-3-5-12(10)15-13/h2-5,9,11,14H,6-8H2,1H3/t11-,13?/m0/s1. The molecule has 0 radical (unpaired) electrons. The van der Waals surface area contributed by atoms with Gasteiger partial charge in [-0.3, -0.25) is 0 Å². The van der Waals surface area contributed by atoms with E-state index in [-0.39, 0.29) is 11.7 Å². The number of fused-ring (bicyclic) bond motifs is 1. The minimum absolute atomic E-state index is 0.145. The minimum Gasteiger partial charge on any atom is -0.487 e. The van der Waals surface area contributed by atoms with Crippen LogP contribution in [0.3, 0.4) is 0 Å². The van der Waals surface area contributed by atoms with Gasteiger partial charge in [-0.25, -0.2) is 0 Å². The van der Waals surface area contributed by atoms with Crippen molar-refractivity contribution in [1.82, 2.24) is 0 Å². The number of para-hydroxylation sites is 1. The monoisotopic (exact) mass is 204 g/mol. The molecule has 3 rings (SSSR count). The Kier molecular flexibility index (Phi) is 1.84. The van der Waals surface area contributed by atoms with Crippen molar-refractivity contribution in [2.75, 3.05) is 0 Å². The Labute approximate surface area is 89.9 Å². The summed E-state index contributed by atoms with van der Waals surface area (Å²) in [5, 5.41) is 10.1. The van der Waals surface area contributed by atoms with Crippen LogP contribution in [0, 0.1) is 5.92 Å². The fourth-order valence-electron chi connectivity index (χ4n) is 2.58.